The molecule has 0 saturated heterocycles. The van der Waals surface area contributed by atoms with E-state index in [1.165, 1.54) is 0 Å². The fourth-order valence-electron chi connectivity index (χ4n) is 1.42. The van der Waals surface area contributed by atoms with Crippen LogP contribution in [0.3, 0.4) is 0 Å². The van der Waals surface area contributed by atoms with Crippen LogP contribution in [0.5, 0.6) is 11.5 Å². The topological polar surface area (TPSA) is 122 Å². The summed E-state index contributed by atoms with van der Waals surface area (Å²) in [7, 11) is -2.97. The quantitative estimate of drug-likeness (QED) is 0.626. The van der Waals surface area contributed by atoms with E-state index < -0.39 is 22.1 Å². The monoisotopic (exact) mass is 363 g/mol. The van der Waals surface area contributed by atoms with E-state index in [0.29, 0.717) is 11.5 Å². The highest BCUT2D eigenvalue weighted by Gasteiger charge is 2.01. The first kappa shape index (κ1) is 22.2. The number of carbonyl (C=O) groups is 1. The highest BCUT2D eigenvalue weighted by molar-refractivity contribution is 7.88. The number of aliphatic hydroxyl groups is 1. The number of benzene rings is 1. The first-order valence-corrected chi connectivity index (χ1v) is 9.11. The molecule has 1 aromatic rings. The van der Waals surface area contributed by atoms with Gasteiger partial charge in [-0.3, -0.25) is 0 Å². The van der Waals surface area contributed by atoms with Gasteiger partial charge in [-0.15, -0.1) is 0 Å². The van der Waals surface area contributed by atoms with Gasteiger partial charge in [0.2, 0.25) is 10.0 Å². The van der Waals surface area contributed by atoms with Gasteiger partial charge in [0.15, 0.2) is 6.61 Å². The summed E-state index contributed by atoms with van der Waals surface area (Å²) in [6.07, 6.45) is 0.621. The van der Waals surface area contributed by atoms with Gasteiger partial charge in [-0.25, -0.2) is 17.9 Å². The molecule has 1 unspecified atom stereocenters. The molecule has 1 atom stereocenters. The van der Waals surface area contributed by atoms with E-state index in [4.69, 9.17) is 19.7 Å². The van der Waals surface area contributed by atoms with Crippen molar-refractivity contribution in [2.24, 2.45) is 0 Å². The SMILES string of the molecule is CC(C)NS(C)(=O)=O.CC(O)COc1ccc(OCC(=O)O)cc1. The number of rotatable bonds is 8. The minimum Gasteiger partial charge on any atom is -0.491 e. The first-order valence-electron chi connectivity index (χ1n) is 7.22. The van der Waals surface area contributed by atoms with Crippen molar-refractivity contribution in [2.75, 3.05) is 19.5 Å². The predicted octanol–water partition coefficient (Wildman–Crippen LogP) is 0.854. The van der Waals surface area contributed by atoms with Crippen molar-refractivity contribution in [2.45, 2.75) is 32.9 Å². The molecular formula is C15H25NO7S. The molecule has 3 N–H and O–H groups in total. The Kier molecular flexibility index (Phi) is 10.0. The lowest BCUT2D eigenvalue weighted by Gasteiger charge is -2.08. The van der Waals surface area contributed by atoms with E-state index in [9.17, 15) is 13.2 Å². The van der Waals surface area contributed by atoms with Gasteiger partial charge in [0, 0.05) is 6.04 Å². The van der Waals surface area contributed by atoms with Gasteiger partial charge in [0.05, 0.1) is 12.4 Å². The zero-order valence-electron chi connectivity index (χ0n) is 14.2. The summed E-state index contributed by atoms with van der Waals surface area (Å²) in [6.45, 7) is 5.04. The van der Waals surface area contributed by atoms with Gasteiger partial charge in [0.25, 0.3) is 0 Å². The number of hydrogen-bond donors (Lipinski definition) is 3. The van der Waals surface area contributed by atoms with Crippen LogP contribution in [0.2, 0.25) is 0 Å². The highest BCUT2D eigenvalue weighted by Crippen LogP contribution is 2.17. The Bertz CT molecular complexity index is 582. The molecule has 0 amide bonds. The molecule has 0 fully saturated rings. The number of ether oxygens (including phenoxy) is 2. The molecule has 0 aliphatic carbocycles. The van der Waals surface area contributed by atoms with E-state index in [0.717, 1.165) is 6.26 Å². The second-order valence-corrected chi connectivity index (χ2v) is 7.14. The van der Waals surface area contributed by atoms with Crippen LogP contribution in [0.1, 0.15) is 20.8 Å². The van der Waals surface area contributed by atoms with Crippen LogP contribution in [0.15, 0.2) is 24.3 Å². The molecule has 9 heteroatoms. The van der Waals surface area contributed by atoms with E-state index in [2.05, 4.69) is 4.72 Å². The van der Waals surface area contributed by atoms with E-state index in [1.807, 2.05) is 0 Å². The average molecular weight is 363 g/mol. The average Bonchev–Trinajstić information content (AvgIpc) is 2.42. The van der Waals surface area contributed by atoms with Crippen molar-refractivity contribution in [3.05, 3.63) is 24.3 Å². The Morgan fingerprint density at radius 1 is 1.12 bits per heavy atom. The molecule has 24 heavy (non-hydrogen) atoms. The summed E-state index contributed by atoms with van der Waals surface area (Å²) in [5.41, 5.74) is 0. The fraction of sp³-hybridized carbons (Fsp3) is 0.533. The molecule has 1 aromatic carbocycles. The smallest absolute Gasteiger partial charge is 0.341 e. The minimum atomic E-state index is -2.97. The summed E-state index contributed by atoms with van der Waals surface area (Å²) in [5.74, 6) is 0.0461. The lowest BCUT2D eigenvalue weighted by molar-refractivity contribution is -0.139. The molecule has 0 bridgehead atoms. The fourth-order valence-corrected chi connectivity index (χ4v) is 2.28. The minimum absolute atomic E-state index is 0.00463. The van der Waals surface area contributed by atoms with Crippen LogP contribution in [0, 0.1) is 0 Å². The standard InChI is InChI=1S/C11H14O5.C4H11NO2S/c1-8(12)6-15-9-2-4-10(5-3-9)16-7-11(13)14;1-4(2)5-8(3,6)7/h2-5,8,12H,6-7H2,1H3,(H,13,14);4-5H,1-3H3. The normalized spacial score (nSPS) is 12.1. The number of aliphatic hydroxyl groups excluding tert-OH is 1. The van der Waals surface area contributed by atoms with E-state index in [-0.39, 0.29) is 19.3 Å². The lowest BCUT2D eigenvalue weighted by Crippen LogP contribution is -2.28. The molecule has 0 aromatic heterocycles. The molecule has 0 heterocycles. The molecular weight excluding hydrogens is 338 g/mol. The van der Waals surface area contributed by atoms with Gasteiger partial charge in [-0.2, -0.15) is 0 Å². The van der Waals surface area contributed by atoms with Gasteiger partial charge >= 0.3 is 5.97 Å². The maximum atomic E-state index is 10.3. The summed E-state index contributed by atoms with van der Waals surface area (Å²) in [4.78, 5) is 10.2. The Labute approximate surface area is 142 Å². The van der Waals surface area contributed by atoms with Crippen molar-refractivity contribution >= 4 is 16.0 Å². The van der Waals surface area contributed by atoms with Crippen molar-refractivity contribution in [3.63, 3.8) is 0 Å². The molecule has 138 valence electrons. The molecule has 0 spiro atoms. The van der Waals surface area contributed by atoms with E-state index in [1.54, 1.807) is 45.0 Å². The number of sulfonamides is 1. The number of carboxylic acid groups (broad SMARTS) is 1. The van der Waals surface area contributed by atoms with Gasteiger partial charge in [0.1, 0.15) is 18.1 Å². The molecule has 0 saturated carbocycles. The van der Waals surface area contributed by atoms with Gasteiger partial charge in [-0.1, -0.05) is 0 Å². The zero-order chi connectivity index (χ0) is 18.8. The van der Waals surface area contributed by atoms with Crippen LogP contribution >= 0.6 is 0 Å². The van der Waals surface area contributed by atoms with E-state index >= 15 is 0 Å². The summed E-state index contributed by atoms with van der Waals surface area (Å²) in [5, 5.41) is 17.4. The predicted molar refractivity (Wildman–Crippen MR) is 89.9 cm³/mol. The Morgan fingerprint density at radius 3 is 1.88 bits per heavy atom. The van der Waals surface area contributed by atoms with Gasteiger partial charge in [-0.05, 0) is 45.0 Å². The van der Waals surface area contributed by atoms with Crippen LogP contribution in [0.4, 0.5) is 0 Å². The second kappa shape index (κ2) is 10.8. The maximum Gasteiger partial charge on any atom is 0.341 e. The lowest BCUT2D eigenvalue weighted by atomic mass is 10.3. The maximum absolute atomic E-state index is 10.3. The molecule has 0 aliphatic rings. The van der Waals surface area contributed by atoms with Crippen molar-refractivity contribution in [3.8, 4) is 11.5 Å². The van der Waals surface area contributed by atoms with Crippen LogP contribution in [0.25, 0.3) is 0 Å². The van der Waals surface area contributed by atoms with Crippen LogP contribution in [-0.2, 0) is 14.8 Å². The van der Waals surface area contributed by atoms with Crippen molar-refractivity contribution in [1.82, 2.24) is 4.72 Å². The first-order chi connectivity index (χ1) is 11.0. The molecule has 0 radical (unpaired) electrons. The third-order valence-corrected chi connectivity index (χ3v) is 3.03. The third-order valence-electron chi connectivity index (χ3n) is 2.13. The second-order valence-electron chi connectivity index (χ2n) is 5.36. The highest BCUT2D eigenvalue weighted by atomic mass is 32.2. The zero-order valence-corrected chi connectivity index (χ0v) is 15.0. The van der Waals surface area contributed by atoms with Crippen LogP contribution in [-0.4, -0.2) is 56.2 Å². The number of carboxylic acids is 1. The molecule has 0 aliphatic heterocycles. The number of hydrogen-bond acceptors (Lipinski definition) is 6. The van der Waals surface area contributed by atoms with Crippen LogP contribution < -0.4 is 14.2 Å². The van der Waals surface area contributed by atoms with Crippen molar-refractivity contribution < 1.29 is 32.9 Å². The Morgan fingerprint density at radius 2 is 1.58 bits per heavy atom. The van der Waals surface area contributed by atoms with Gasteiger partial charge < -0.3 is 19.7 Å². The molecule has 8 nitrogen and oxygen atoms in total. The third kappa shape index (κ3) is 13.8. The number of nitrogens with one attached hydrogen (secondary N) is 1. The van der Waals surface area contributed by atoms with Crippen molar-refractivity contribution in [1.29, 1.82) is 0 Å². The summed E-state index contributed by atoms with van der Waals surface area (Å²) < 4.78 is 33.2. The Balaban J connectivity index is 0.000000561. The summed E-state index contributed by atoms with van der Waals surface area (Å²) >= 11 is 0. The Hall–Kier alpha value is -1.84. The largest absolute Gasteiger partial charge is 0.491 e. The number of aliphatic carboxylic acids is 1. The summed E-state index contributed by atoms with van der Waals surface area (Å²) in [6, 6.07) is 6.53. The molecule has 1 rings (SSSR count).